The number of likely N-dealkylation sites (N-methyl/N-ethyl adjacent to an activating group) is 1. The first-order chi connectivity index (χ1) is 10.6. The van der Waals surface area contributed by atoms with Crippen LogP contribution in [0.1, 0.15) is 18.9 Å². The Morgan fingerprint density at radius 1 is 1.39 bits per heavy atom. The third kappa shape index (κ3) is 7.39. The van der Waals surface area contributed by atoms with Gasteiger partial charge in [0.2, 0.25) is 0 Å². The Kier molecular flexibility index (Phi) is 8.68. The molecule has 2 unspecified atom stereocenters. The molecule has 5 nitrogen and oxygen atoms in total. The van der Waals surface area contributed by atoms with Crippen molar-refractivity contribution in [2.24, 2.45) is 10.9 Å². The predicted octanol–water partition coefficient (Wildman–Crippen LogP) is 2.32. The maximum atomic E-state index is 5.76. The zero-order chi connectivity index (χ0) is 15.9. The molecule has 2 atom stereocenters. The van der Waals surface area contributed by atoms with E-state index < -0.39 is 0 Å². The van der Waals surface area contributed by atoms with Crippen LogP contribution in [0.25, 0.3) is 0 Å². The van der Waals surface area contributed by atoms with Gasteiger partial charge >= 0.3 is 0 Å². The highest BCUT2D eigenvalue weighted by atomic mass is 127. The van der Waals surface area contributed by atoms with E-state index in [1.165, 1.54) is 12.0 Å². The molecule has 0 heterocycles. The van der Waals surface area contributed by atoms with Gasteiger partial charge in [0.1, 0.15) is 12.4 Å². The Bertz CT molecular complexity index is 507. The summed E-state index contributed by atoms with van der Waals surface area (Å²) in [5, 5.41) is 6.78. The minimum atomic E-state index is 0. The minimum absolute atomic E-state index is 0. The van der Waals surface area contributed by atoms with Crippen LogP contribution >= 0.6 is 24.0 Å². The molecule has 1 saturated carbocycles. The van der Waals surface area contributed by atoms with Crippen LogP contribution in [0, 0.1) is 5.92 Å². The molecule has 0 saturated heterocycles. The van der Waals surface area contributed by atoms with Crippen molar-refractivity contribution in [1.82, 2.24) is 15.5 Å². The van der Waals surface area contributed by atoms with Crippen LogP contribution in [0.2, 0.25) is 0 Å². The monoisotopic (exact) mass is 432 g/mol. The van der Waals surface area contributed by atoms with Crippen molar-refractivity contribution in [1.29, 1.82) is 0 Å². The second-order valence-electron chi connectivity index (χ2n) is 6.19. The summed E-state index contributed by atoms with van der Waals surface area (Å²) in [6.07, 6.45) is 1.23. The number of halogens is 1. The molecule has 1 fully saturated rings. The summed E-state index contributed by atoms with van der Waals surface area (Å²) >= 11 is 0. The highest BCUT2D eigenvalue weighted by Crippen LogP contribution is 2.28. The van der Waals surface area contributed by atoms with Crippen molar-refractivity contribution in [3.05, 3.63) is 29.8 Å². The van der Waals surface area contributed by atoms with Gasteiger partial charge in [-0.1, -0.05) is 19.1 Å². The number of nitrogens with one attached hydrogen (secondary N) is 2. The molecule has 0 radical (unpaired) electrons. The van der Waals surface area contributed by atoms with E-state index in [-0.39, 0.29) is 24.0 Å². The largest absolute Gasteiger partial charge is 0.492 e. The van der Waals surface area contributed by atoms with Gasteiger partial charge in [-0.3, -0.25) is 4.99 Å². The molecular formula is C17H29IN4O. The lowest BCUT2D eigenvalue weighted by Crippen LogP contribution is -2.38. The van der Waals surface area contributed by atoms with Crippen LogP contribution in [-0.2, 0) is 6.54 Å². The quantitative estimate of drug-likeness (QED) is 0.395. The van der Waals surface area contributed by atoms with Gasteiger partial charge in [0.05, 0.1) is 0 Å². The first-order valence-electron chi connectivity index (χ1n) is 7.92. The highest BCUT2D eigenvalue weighted by molar-refractivity contribution is 14.0. The molecular weight excluding hydrogens is 403 g/mol. The van der Waals surface area contributed by atoms with Gasteiger partial charge in [0, 0.05) is 26.2 Å². The van der Waals surface area contributed by atoms with Gasteiger partial charge in [-0.15, -0.1) is 24.0 Å². The molecule has 0 bridgehead atoms. The van der Waals surface area contributed by atoms with Gasteiger partial charge in [0.25, 0.3) is 0 Å². The number of guanidine groups is 1. The number of rotatable bonds is 7. The Morgan fingerprint density at radius 3 is 2.74 bits per heavy atom. The number of ether oxygens (including phenoxy) is 1. The summed E-state index contributed by atoms with van der Waals surface area (Å²) in [6.45, 7) is 4.61. The van der Waals surface area contributed by atoms with Crippen LogP contribution in [0.3, 0.4) is 0 Å². The third-order valence-corrected chi connectivity index (χ3v) is 3.82. The highest BCUT2D eigenvalue weighted by Gasteiger charge is 2.33. The number of aliphatic imine (C=N–C) groups is 1. The molecule has 1 aromatic rings. The van der Waals surface area contributed by atoms with Gasteiger partial charge in [-0.05, 0) is 44.1 Å². The predicted molar refractivity (Wildman–Crippen MR) is 107 cm³/mol. The van der Waals surface area contributed by atoms with Crippen LogP contribution in [-0.4, -0.2) is 51.2 Å². The van der Waals surface area contributed by atoms with Crippen LogP contribution in [0.5, 0.6) is 5.75 Å². The summed E-state index contributed by atoms with van der Waals surface area (Å²) in [5.74, 6) is 2.54. The lowest BCUT2D eigenvalue weighted by Gasteiger charge is -2.13. The normalized spacial score (nSPS) is 20.0. The molecule has 0 aliphatic heterocycles. The second kappa shape index (κ2) is 9.97. The summed E-state index contributed by atoms with van der Waals surface area (Å²) < 4.78 is 5.76. The number of hydrogen-bond acceptors (Lipinski definition) is 3. The number of hydrogen-bond donors (Lipinski definition) is 2. The zero-order valence-electron chi connectivity index (χ0n) is 14.5. The lowest BCUT2D eigenvalue weighted by molar-refractivity contribution is 0.261. The molecule has 0 spiro atoms. The van der Waals surface area contributed by atoms with Crippen LogP contribution < -0.4 is 15.4 Å². The minimum Gasteiger partial charge on any atom is -0.492 e. The van der Waals surface area contributed by atoms with Gasteiger partial charge in [-0.2, -0.15) is 0 Å². The van der Waals surface area contributed by atoms with E-state index in [0.29, 0.717) is 12.6 Å². The van der Waals surface area contributed by atoms with E-state index in [1.807, 2.05) is 33.3 Å². The fourth-order valence-electron chi connectivity index (χ4n) is 2.17. The molecule has 1 aliphatic rings. The van der Waals surface area contributed by atoms with Crippen molar-refractivity contribution in [3.63, 3.8) is 0 Å². The molecule has 130 valence electrons. The van der Waals surface area contributed by atoms with Gasteiger partial charge < -0.3 is 20.3 Å². The number of nitrogens with zero attached hydrogens (tertiary/aromatic N) is 2. The van der Waals surface area contributed by atoms with Crippen LogP contribution in [0.4, 0.5) is 0 Å². The maximum absolute atomic E-state index is 5.76. The van der Waals surface area contributed by atoms with E-state index in [4.69, 9.17) is 4.74 Å². The fraction of sp³-hybridized carbons (Fsp3) is 0.588. The molecule has 0 amide bonds. The Hall–Kier alpha value is -1.02. The molecule has 2 rings (SSSR count). The first kappa shape index (κ1) is 20.0. The van der Waals surface area contributed by atoms with E-state index in [2.05, 4.69) is 39.6 Å². The van der Waals surface area contributed by atoms with Crippen LogP contribution in [0.15, 0.2) is 29.3 Å². The van der Waals surface area contributed by atoms with E-state index >= 15 is 0 Å². The number of benzene rings is 1. The van der Waals surface area contributed by atoms with Crippen molar-refractivity contribution < 1.29 is 4.74 Å². The van der Waals surface area contributed by atoms with Crippen molar-refractivity contribution in [2.45, 2.75) is 25.9 Å². The van der Waals surface area contributed by atoms with Crippen molar-refractivity contribution >= 4 is 29.9 Å². The Balaban J connectivity index is 0.00000264. The van der Waals surface area contributed by atoms with E-state index in [1.54, 1.807) is 0 Å². The van der Waals surface area contributed by atoms with Gasteiger partial charge in [0.15, 0.2) is 5.96 Å². The average Bonchev–Trinajstić information content (AvgIpc) is 3.18. The standard InChI is InChI=1S/C17H28N4O.HI/c1-13-10-16(13)20-17(18-2)19-12-14-6-5-7-15(11-14)22-9-8-21(3)4;/h5-7,11,13,16H,8-10,12H2,1-4H3,(H2,18,19,20);1H. The summed E-state index contributed by atoms with van der Waals surface area (Å²) in [6, 6.07) is 8.78. The fourth-order valence-corrected chi connectivity index (χ4v) is 2.17. The third-order valence-electron chi connectivity index (χ3n) is 3.82. The van der Waals surface area contributed by atoms with E-state index in [9.17, 15) is 0 Å². The van der Waals surface area contributed by atoms with Crippen molar-refractivity contribution in [3.8, 4) is 5.75 Å². The second-order valence-corrected chi connectivity index (χ2v) is 6.19. The molecule has 23 heavy (non-hydrogen) atoms. The molecule has 1 aliphatic carbocycles. The summed E-state index contributed by atoms with van der Waals surface area (Å²) in [4.78, 5) is 6.38. The topological polar surface area (TPSA) is 48.9 Å². The Morgan fingerprint density at radius 2 is 2.13 bits per heavy atom. The lowest BCUT2D eigenvalue weighted by atomic mass is 10.2. The molecule has 6 heteroatoms. The zero-order valence-corrected chi connectivity index (χ0v) is 16.8. The molecule has 2 N–H and O–H groups in total. The average molecular weight is 432 g/mol. The van der Waals surface area contributed by atoms with Crippen molar-refractivity contribution in [2.75, 3.05) is 34.3 Å². The summed E-state index contributed by atoms with van der Waals surface area (Å²) in [5.41, 5.74) is 1.19. The first-order valence-corrected chi connectivity index (χ1v) is 7.92. The van der Waals surface area contributed by atoms with E-state index in [0.717, 1.165) is 30.7 Å². The molecule has 0 aromatic heterocycles. The summed E-state index contributed by atoms with van der Waals surface area (Å²) in [7, 11) is 5.90. The SMILES string of the molecule is CN=C(NCc1cccc(OCCN(C)C)c1)NC1CC1C.I. The maximum Gasteiger partial charge on any atom is 0.191 e. The van der Waals surface area contributed by atoms with Gasteiger partial charge in [-0.25, -0.2) is 0 Å². The molecule has 1 aromatic carbocycles. The smallest absolute Gasteiger partial charge is 0.191 e. The Labute approximate surface area is 156 Å².